The third-order valence-electron chi connectivity index (χ3n) is 3.85. The van der Waals surface area contributed by atoms with Crippen molar-refractivity contribution in [1.29, 1.82) is 0 Å². The standard InChI is InChI=1S/C20H23NO4S/c1-4-26(24)18-8-6-5-7-17(18)20(23)25-15(3)19(22)21-13-16-11-9-14(2)10-12-16/h5-12,15H,4,13H2,1-3H3,(H,21,22)/t15-,26+/m0/s1. The summed E-state index contributed by atoms with van der Waals surface area (Å²) >= 11 is 0. The Morgan fingerprint density at radius 1 is 1.12 bits per heavy atom. The first-order valence-corrected chi connectivity index (χ1v) is 9.76. The van der Waals surface area contributed by atoms with Crippen LogP contribution < -0.4 is 5.32 Å². The lowest BCUT2D eigenvalue weighted by molar-refractivity contribution is -0.129. The minimum Gasteiger partial charge on any atom is -0.449 e. The molecule has 0 bridgehead atoms. The molecule has 0 fully saturated rings. The van der Waals surface area contributed by atoms with Crippen molar-refractivity contribution in [3.8, 4) is 0 Å². The van der Waals surface area contributed by atoms with Gasteiger partial charge < -0.3 is 10.1 Å². The van der Waals surface area contributed by atoms with E-state index in [1.54, 1.807) is 31.2 Å². The molecule has 1 N–H and O–H groups in total. The van der Waals surface area contributed by atoms with Crippen molar-refractivity contribution in [2.45, 2.75) is 38.3 Å². The maximum Gasteiger partial charge on any atom is 0.340 e. The molecule has 0 aliphatic carbocycles. The number of carbonyl (C=O) groups is 2. The van der Waals surface area contributed by atoms with Gasteiger partial charge in [0.05, 0.1) is 21.3 Å². The summed E-state index contributed by atoms with van der Waals surface area (Å²) in [7, 11) is -1.28. The number of benzene rings is 2. The summed E-state index contributed by atoms with van der Waals surface area (Å²) in [5.41, 5.74) is 2.34. The highest BCUT2D eigenvalue weighted by Gasteiger charge is 2.21. The van der Waals surface area contributed by atoms with Gasteiger partial charge in [-0.05, 0) is 31.5 Å². The van der Waals surface area contributed by atoms with E-state index in [-0.39, 0.29) is 11.5 Å². The summed E-state index contributed by atoms with van der Waals surface area (Å²) in [5.74, 6) is -0.634. The first kappa shape index (κ1) is 19.8. The molecule has 0 spiro atoms. The second-order valence-electron chi connectivity index (χ2n) is 5.88. The number of aryl methyl sites for hydroxylation is 1. The molecular formula is C20H23NO4S. The molecule has 2 rings (SSSR count). The number of rotatable bonds is 7. The lowest BCUT2D eigenvalue weighted by Crippen LogP contribution is -2.35. The van der Waals surface area contributed by atoms with Gasteiger partial charge in [0.2, 0.25) is 0 Å². The molecule has 0 heterocycles. The van der Waals surface area contributed by atoms with Crippen LogP contribution in [0.15, 0.2) is 53.4 Å². The quantitative estimate of drug-likeness (QED) is 0.758. The summed E-state index contributed by atoms with van der Waals surface area (Å²) in [4.78, 5) is 25.0. The molecule has 0 radical (unpaired) electrons. The van der Waals surface area contributed by atoms with Crippen molar-refractivity contribution >= 4 is 22.7 Å². The molecule has 2 atom stereocenters. The SMILES string of the molecule is CC[S@@](=O)c1ccccc1C(=O)O[C@@H](C)C(=O)NCc1ccc(C)cc1. The van der Waals surface area contributed by atoms with Crippen LogP contribution in [0.2, 0.25) is 0 Å². The van der Waals surface area contributed by atoms with Crippen molar-refractivity contribution in [3.63, 3.8) is 0 Å². The molecule has 0 saturated heterocycles. The largest absolute Gasteiger partial charge is 0.449 e. The molecule has 0 saturated carbocycles. The Hall–Kier alpha value is -2.47. The highest BCUT2D eigenvalue weighted by atomic mass is 32.2. The zero-order valence-corrected chi connectivity index (χ0v) is 16.0. The first-order chi connectivity index (χ1) is 12.4. The zero-order chi connectivity index (χ0) is 19.1. The van der Waals surface area contributed by atoms with E-state index in [1.165, 1.54) is 6.92 Å². The molecule has 138 valence electrons. The molecule has 2 aromatic rings. The van der Waals surface area contributed by atoms with Crippen LogP contribution in [0.1, 0.15) is 35.3 Å². The molecule has 6 heteroatoms. The Morgan fingerprint density at radius 3 is 2.42 bits per heavy atom. The molecule has 0 aliphatic rings. The van der Waals surface area contributed by atoms with E-state index in [1.807, 2.05) is 31.2 Å². The van der Waals surface area contributed by atoms with E-state index in [4.69, 9.17) is 4.74 Å². The summed E-state index contributed by atoms with van der Waals surface area (Å²) in [6.45, 7) is 5.64. The predicted molar refractivity (Wildman–Crippen MR) is 101 cm³/mol. The van der Waals surface area contributed by atoms with Crippen LogP contribution in [-0.4, -0.2) is 27.9 Å². The third kappa shape index (κ3) is 5.26. The zero-order valence-electron chi connectivity index (χ0n) is 15.2. The Balaban J connectivity index is 1.97. The highest BCUT2D eigenvalue weighted by Crippen LogP contribution is 2.16. The minimum atomic E-state index is -1.28. The monoisotopic (exact) mass is 373 g/mol. The van der Waals surface area contributed by atoms with Crippen LogP contribution in [0.25, 0.3) is 0 Å². The van der Waals surface area contributed by atoms with Crippen LogP contribution in [0, 0.1) is 6.92 Å². The minimum absolute atomic E-state index is 0.228. The van der Waals surface area contributed by atoms with Gasteiger partial charge in [-0.3, -0.25) is 9.00 Å². The van der Waals surface area contributed by atoms with Crippen molar-refractivity contribution in [2.75, 3.05) is 5.75 Å². The summed E-state index contributed by atoms with van der Waals surface area (Å²) < 4.78 is 17.3. The molecule has 2 aromatic carbocycles. The molecule has 0 aromatic heterocycles. The van der Waals surface area contributed by atoms with E-state index in [0.717, 1.165) is 11.1 Å². The molecule has 1 amide bonds. The second kappa shape index (κ2) is 9.29. The second-order valence-corrected chi connectivity index (χ2v) is 7.59. The van der Waals surface area contributed by atoms with Crippen molar-refractivity contribution < 1.29 is 18.5 Å². The average Bonchev–Trinajstić information content (AvgIpc) is 2.66. The Bertz CT molecular complexity index is 802. The number of hydrogen-bond acceptors (Lipinski definition) is 4. The normalized spacial score (nSPS) is 12.9. The van der Waals surface area contributed by atoms with Crippen molar-refractivity contribution in [1.82, 2.24) is 5.32 Å². The first-order valence-electron chi connectivity index (χ1n) is 8.44. The van der Waals surface area contributed by atoms with Gasteiger partial charge in [0.25, 0.3) is 5.91 Å². The van der Waals surface area contributed by atoms with Gasteiger partial charge in [-0.25, -0.2) is 4.79 Å². The Kier molecular flexibility index (Phi) is 7.09. The van der Waals surface area contributed by atoms with Crippen LogP contribution >= 0.6 is 0 Å². The van der Waals surface area contributed by atoms with E-state index in [0.29, 0.717) is 17.2 Å². The predicted octanol–water partition coefficient (Wildman–Crippen LogP) is 2.98. The van der Waals surface area contributed by atoms with E-state index in [2.05, 4.69) is 5.32 Å². The smallest absolute Gasteiger partial charge is 0.340 e. The Labute approximate surface area is 156 Å². The molecular weight excluding hydrogens is 350 g/mol. The third-order valence-corrected chi connectivity index (χ3v) is 5.23. The van der Waals surface area contributed by atoms with Gasteiger partial charge in [0, 0.05) is 12.3 Å². The van der Waals surface area contributed by atoms with E-state index < -0.39 is 22.9 Å². The van der Waals surface area contributed by atoms with Crippen molar-refractivity contribution in [2.24, 2.45) is 0 Å². The van der Waals surface area contributed by atoms with E-state index in [9.17, 15) is 13.8 Å². The highest BCUT2D eigenvalue weighted by molar-refractivity contribution is 7.85. The molecule has 26 heavy (non-hydrogen) atoms. The topological polar surface area (TPSA) is 72.5 Å². The fourth-order valence-corrected chi connectivity index (χ4v) is 3.24. The average molecular weight is 373 g/mol. The van der Waals surface area contributed by atoms with Gasteiger partial charge in [0.15, 0.2) is 6.10 Å². The number of esters is 1. The molecule has 0 unspecified atom stereocenters. The number of carbonyl (C=O) groups excluding carboxylic acids is 2. The van der Waals surface area contributed by atoms with Crippen LogP contribution in [-0.2, 0) is 26.9 Å². The van der Waals surface area contributed by atoms with Gasteiger partial charge in [0.1, 0.15) is 0 Å². The summed E-state index contributed by atoms with van der Waals surface area (Å²) in [6, 6.07) is 14.4. The number of hydrogen-bond donors (Lipinski definition) is 1. The van der Waals surface area contributed by atoms with Crippen LogP contribution in [0.4, 0.5) is 0 Å². The number of nitrogens with one attached hydrogen (secondary N) is 1. The summed E-state index contributed by atoms with van der Waals surface area (Å²) in [5, 5.41) is 2.75. The Morgan fingerprint density at radius 2 is 1.77 bits per heavy atom. The lowest BCUT2D eigenvalue weighted by atomic mass is 10.1. The van der Waals surface area contributed by atoms with Gasteiger partial charge in [-0.2, -0.15) is 0 Å². The van der Waals surface area contributed by atoms with Gasteiger partial charge >= 0.3 is 5.97 Å². The van der Waals surface area contributed by atoms with E-state index >= 15 is 0 Å². The van der Waals surface area contributed by atoms with Crippen LogP contribution in [0.3, 0.4) is 0 Å². The fraction of sp³-hybridized carbons (Fsp3) is 0.300. The van der Waals surface area contributed by atoms with Crippen LogP contribution in [0.5, 0.6) is 0 Å². The number of ether oxygens (including phenoxy) is 1. The maximum absolute atomic E-state index is 12.4. The molecule has 0 aliphatic heterocycles. The number of amides is 1. The van der Waals surface area contributed by atoms with Gasteiger partial charge in [-0.1, -0.05) is 48.9 Å². The van der Waals surface area contributed by atoms with Crippen molar-refractivity contribution in [3.05, 3.63) is 65.2 Å². The summed E-state index contributed by atoms with van der Waals surface area (Å²) in [6.07, 6.45) is -0.948. The lowest BCUT2D eigenvalue weighted by Gasteiger charge is -2.15. The fourth-order valence-electron chi connectivity index (χ4n) is 2.31. The molecule has 5 nitrogen and oxygen atoms in total. The maximum atomic E-state index is 12.4. The van der Waals surface area contributed by atoms with Gasteiger partial charge in [-0.15, -0.1) is 0 Å².